The first-order valence-electron chi connectivity index (χ1n) is 9.99. The van der Waals surface area contributed by atoms with Crippen LogP contribution in [-0.2, 0) is 6.42 Å². The number of nitrogens with zero attached hydrogens (tertiary/aromatic N) is 1. The molecule has 0 radical (unpaired) electrons. The lowest BCUT2D eigenvalue weighted by Gasteiger charge is -2.24. The van der Waals surface area contributed by atoms with Gasteiger partial charge in [-0.1, -0.05) is 26.0 Å². The second-order valence-electron chi connectivity index (χ2n) is 7.88. The predicted octanol–water partition coefficient (Wildman–Crippen LogP) is 2.57. The van der Waals surface area contributed by atoms with Crippen molar-refractivity contribution in [3.05, 3.63) is 29.8 Å². The Morgan fingerprint density at radius 2 is 2.15 bits per heavy atom. The van der Waals surface area contributed by atoms with E-state index in [1.807, 2.05) is 24.3 Å². The number of likely N-dealkylation sites (tertiary alicyclic amines) is 1. The van der Waals surface area contributed by atoms with E-state index >= 15 is 0 Å². The van der Waals surface area contributed by atoms with E-state index in [9.17, 15) is 15.0 Å². The lowest BCUT2D eigenvalue weighted by molar-refractivity contribution is -0.0248. The Balaban J connectivity index is 1.74. The monoisotopic (exact) mass is 378 g/mol. The van der Waals surface area contributed by atoms with Crippen LogP contribution in [-0.4, -0.2) is 59.6 Å². The van der Waals surface area contributed by atoms with Crippen LogP contribution in [0.5, 0.6) is 5.75 Å². The highest BCUT2D eigenvalue weighted by molar-refractivity contribution is 5.74. The van der Waals surface area contributed by atoms with Crippen LogP contribution in [0, 0.1) is 5.92 Å². The Hall–Kier alpha value is -1.79. The van der Waals surface area contributed by atoms with E-state index < -0.39 is 5.60 Å². The van der Waals surface area contributed by atoms with Gasteiger partial charge in [0.25, 0.3) is 0 Å². The van der Waals surface area contributed by atoms with Crippen LogP contribution in [0.1, 0.15) is 45.1 Å². The molecule has 3 N–H and O–H groups in total. The Kier molecular flexibility index (Phi) is 8.38. The molecule has 1 unspecified atom stereocenters. The molecule has 0 spiro atoms. The fourth-order valence-corrected chi connectivity index (χ4v) is 3.17. The molecule has 1 aliphatic rings. The van der Waals surface area contributed by atoms with Gasteiger partial charge >= 0.3 is 6.03 Å². The van der Waals surface area contributed by atoms with Gasteiger partial charge < -0.3 is 25.2 Å². The number of aliphatic hydroxyl groups excluding tert-OH is 1. The molecule has 0 aliphatic carbocycles. The second-order valence-corrected chi connectivity index (χ2v) is 7.88. The van der Waals surface area contributed by atoms with Gasteiger partial charge in [-0.2, -0.15) is 0 Å². The Bertz CT molecular complexity index is 593. The molecule has 6 heteroatoms. The maximum Gasteiger partial charge on any atom is 0.317 e. The lowest BCUT2D eigenvalue weighted by Crippen LogP contribution is -2.42. The van der Waals surface area contributed by atoms with Crippen molar-refractivity contribution in [1.29, 1.82) is 0 Å². The fraction of sp³-hybridized carbons (Fsp3) is 0.667. The van der Waals surface area contributed by atoms with Crippen LogP contribution in [0.4, 0.5) is 4.79 Å². The number of ether oxygens (including phenoxy) is 1. The van der Waals surface area contributed by atoms with Crippen LogP contribution in [0.25, 0.3) is 0 Å². The highest BCUT2D eigenvalue weighted by atomic mass is 16.5. The average Bonchev–Trinajstić information content (AvgIpc) is 2.84. The summed E-state index contributed by atoms with van der Waals surface area (Å²) in [4.78, 5) is 14.1. The van der Waals surface area contributed by atoms with Crippen molar-refractivity contribution in [2.24, 2.45) is 5.92 Å². The van der Waals surface area contributed by atoms with Crippen LogP contribution in [0.2, 0.25) is 0 Å². The maximum atomic E-state index is 12.4. The summed E-state index contributed by atoms with van der Waals surface area (Å²) in [6, 6.07) is 7.89. The number of carbonyl (C=O) groups excluding carboxylic acids is 1. The first kappa shape index (κ1) is 21.5. The zero-order chi connectivity index (χ0) is 19.7. The normalized spacial score (nSPS) is 20.4. The summed E-state index contributed by atoms with van der Waals surface area (Å²) in [7, 11) is 0. The molecule has 2 amide bonds. The van der Waals surface area contributed by atoms with Gasteiger partial charge in [-0.3, -0.25) is 0 Å². The van der Waals surface area contributed by atoms with Gasteiger partial charge in [-0.05, 0) is 55.7 Å². The van der Waals surface area contributed by atoms with E-state index in [2.05, 4.69) is 19.2 Å². The summed E-state index contributed by atoms with van der Waals surface area (Å²) in [5.41, 5.74) is 0.0771. The van der Waals surface area contributed by atoms with Crippen molar-refractivity contribution in [3.63, 3.8) is 0 Å². The van der Waals surface area contributed by atoms with E-state index in [-0.39, 0.29) is 12.6 Å². The quantitative estimate of drug-likeness (QED) is 0.649. The third kappa shape index (κ3) is 7.39. The average molecular weight is 379 g/mol. The van der Waals surface area contributed by atoms with Crippen molar-refractivity contribution in [1.82, 2.24) is 10.2 Å². The summed E-state index contributed by atoms with van der Waals surface area (Å²) in [6.45, 7) is 6.43. The first-order valence-corrected chi connectivity index (χ1v) is 9.99. The number of hydrogen-bond acceptors (Lipinski definition) is 4. The van der Waals surface area contributed by atoms with E-state index in [4.69, 9.17) is 4.74 Å². The highest BCUT2D eigenvalue weighted by Gasteiger charge is 2.30. The number of carbonyl (C=O) groups is 1. The van der Waals surface area contributed by atoms with Crippen LogP contribution < -0.4 is 10.1 Å². The molecule has 0 bridgehead atoms. The SMILES string of the molecule is CC(C)CCOc1cccc(CCNC(=O)N2CCCC(O)(CO)CC2)c1. The molecule has 0 aromatic heterocycles. The molecule has 6 nitrogen and oxygen atoms in total. The smallest absolute Gasteiger partial charge is 0.317 e. The summed E-state index contributed by atoms with van der Waals surface area (Å²) < 4.78 is 5.78. The van der Waals surface area contributed by atoms with Gasteiger partial charge in [0.1, 0.15) is 5.75 Å². The molecule has 0 saturated carbocycles. The maximum absolute atomic E-state index is 12.4. The van der Waals surface area contributed by atoms with Crippen molar-refractivity contribution in [2.45, 2.75) is 51.6 Å². The largest absolute Gasteiger partial charge is 0.494 e. The van der Waals surface area contributed by atoms with Crippen molar-refractivity contribution < 1.29 is 19.7 Å². The summed E-state index contributed by atoms with van der Waals surface area (Å²) in [6.07, 6.45) is 3.40. The zero-order valence-electron chi connectivity index (χ0n) is 16.6. The van der Waals surface area contributed by atoms with Crippen LogP contribution in [0.15, 0.2) is 24.3 Å². The van der Waals surface area contributed by atoms with Crippen LogP contribution in [0.3, 0.4) is 0 Å². The van der Waals surface area contributed by atoms with E-state index in [0.717, 1.165) is 24.2 Å². The number of nitrogens with one attached hydrogen (secondary N) is 1. The van der Waals surface area contributed by atoms with Gasteiger partial charge in [0, 0.05) is 19.6 Å². The summed E-state index contributed by atoms with van der Waals surface area (Å²) >= 11 is 0. The minimum Gasteiger partial charge on any atom is -0.494 e. The van der Waals surface area contributed by atoms with Crippen molar-refractivity contribution >= 4 is 6.03 Å². The molecular formula is C21H34N2O4. The minimum atomic E-state index is -1.05. The minimum absolute atomic E-state index is 0.110. The Labute approximate surface area is 162 Å². The fourth-order valence-electron chi connectivity index (χ4n) is 3.17. The second kappa shape index (κ2) is 10.5. The third-order valence-corrected chi connectivity index (χ3v) is 5.05. The van der Waals surface area contributed by atoms with Gasteiger partial charge in [0.15, 0.2) is 0 Å². The predicted molar refractivity (Wildman–Crippen MR) is 106 cm³/mol. The topological polar surface area (TPSA) is 82.0 Å². The van der Waals surface area contributed by atoms with Gasteiger partial charge in [-0.25, -0.2) is 4.79 Å². The first-order chi connectivity index (χ1) is 12.9. The molecule has 2 rings (SSSR count). The van der Waals surface area contributed by atoms with E-state index in [1.165, 1.54) is 0 Å². The Morgan fingerprint density at radius 3 is 2.89 bits per heavy atom. The molecule has 1 saturated heterocycles. The summed E-state index contributed by atoms with van der Waals surface area (Å²) in [5, 5.41) is 22.4. The highest BCUT2D eigenvalue weighted by Crippen LogP contribution is 2.21. The van der Waals surface area contributed by atoms with Crippen molar-refractivity contribution in [3.8, 4) is 5.75 Å². The molecule has 1 aromatic rings. The molecule has 1 aromatic carbocycles. The number of amides is 2. The third-order valence-electron chi connectivity index (χ3n) is 5.05. The number of urea groups is 1. The number of aliphatic hydroxyl groups is 2. The molecule has 152 valence electrons. The number of hydrogen-bond donors (Lipinski definition) is 3. The molecule has 27 heavy (non-hydrogen) atoms. The van der Waals surface area contributed by atoms with Gasteiger partial charge in [-0.15, -0.1) is 0 Å². The van der Waals surface area contributed by atoms with Gasteiger partial charge in [0.05, 0.1) is 18.8 Å². The number of rotatable bonds is 8. The van der Waals surface area contributed by atoms with Gasteiger partial charge in [0.2, 0.25) is 0 Å². The molecule has 1 aliphatic heterocycles. The summed E-state index contributed by atoms with van der Waals surface area (Å²) in [5.74, 6) is 1.49. The van der Waals surface area contributed by atoms with Crippen LogP contribution >= 0.6 is 0 Å². The standard InChI is InChI=1S/C21H34N2O4/c1-17(2)8-14-27-19-6-3-5-18(15-19)7-11-22-20(25)23-12-4-9-21(26,16-24)10-13-23/h3,5-6,15,17,24,26H,4,7-14,16H2,1-2H3,(H,22,25). The molecular weight excluding hydrogens is 344 g/mol. The molecule has 1 atom stereocenters. The lowest BCUT2D eigenvalue weighted by atomic mass is 9.96. The van der Waals surface area contributed by atoms with E-state index in [1.54, 1.807) is 4.90 Å². The zero-order valence-corrected chi connectivity index (χ0v) is 16.6. The molecule has 1 heterocycles. The van der Waals surface area contributed by atoms with Crippen molar-refractivity contribution in [2.75, 3.05) is 32.8 Å². The Morgan fingerprint density at radius 1 is 1.33 bits per heavy atom. The number of benzene rings is 1. The van der Waals surface area contributed by atoms with E-state index in [0.29, 0.717) is 51.4 Å². The molecule has 1 fully saturated rings.